The first-order chi connectivity index (χ1) is 8.38. The Morgan fingerprint density at radius 3 is 2.17 bits per heavy atom. The number of ether oxygens (including phenoxy) is 2. The molecule has 0 bridgehead atoms. The van der Waals surface area contributed by atoms with Crippen molar-refractivity contribution in [3.63, 3.8) is 0 Å². The van der Waals surface area contributed by atoms with Crippen LogP contribution in [-0.4, -0.2) is 48.6 Å². The summed E-state index contributed by atoms with van der Waals surface area (Å²) in [4.78, 5) is 36.9. The van der Waals surface area contributed by atoms with Crippen LogP contribution in [0.3, 0.4) is 0 Å². The number of imide groups is 1. The highest BCUT2D eigenvalue weighted by Gasteiger charge is 2.38. The van der Waals surface area contributed by atoms with E-state index in [-0.39, 0.29) is 0 Å². The van der Waals surface area contributed by atoms with E-state index in [0.717, 1.165) is 21.1 Å². The zero-order chi connectivity index (χ0) is 14.3. The van der Waals surface area contributed by atoms with Crippen LogP contribution in [0.4, 0.5) is 0 Å². The summed E-state index contributed by atoms with van der Waals surface area (Å²) in [6.45, 7) is 0.334. The van der Waals surface area contributed by atoms with Crippen LogP contribution in [0.1, 0.15) is 6.92 Å². The van der Waals surface area contributed by atoms with E-state index >= 15 is 0 Å². The molecule has 0 fully saturated rings. The fourth-order valence-electron chi connectivity index (χ4n) is 0.921. The van der Waals surface area contributed by atoms with Crippen LogP contribution in [0.15, 0.2) is 11.6 Å². The van der Waals surface area contributed by atoms with Crippen molar-refractivity contribution in [1.29, 1.82) is 5.39 Å². The Balaban J connectivity index is 5.28. The second-order valence-electron chi connectivity index (χ2n) is 2.94. The van der Waals surface area contributed by atoms with E-state index in [1.54, 1.807) is 0 Å². The second-order valence-corrected chi connectivity index (χ2v) is 2.94. The van der Waals surface area contributed by atoms with Gasteiger partial charge in [0.15, 0.2) is 4.98 Å². The summed E-state index contributed by atoms with van der Waals surface area (Å²) < 4.78 is 8.59. The minimum atomic E-state index is -1.20. The van der Waals surface area contributed by atoms with E-state index in [2.05, 4.69) is 14.4 Å². The van der Waals surface area contributed by atoms with Crippen molar-refractivity contribution >= 4 is 17.8 Å². The highest BCUT2D eigenvalue weighted by Crippen LogP contribution is 2.09. The van der Waals surface area contributed by atoms with E-state index in [9.17, 15) is 14.4 Å². The van der Waals surface area contributed by atoms with Gasteiger partial charge < -0.3 is 14.6 Å². The SMILES string of the molecule is COC(=O)CN(C(C)=O)C(=O)/C([N+]#N)=C(\O)OC. The zero-order valence-corrected chi connectivity index (χ0v) is 10.0. The minimum Gasteiger partial charge on any atom is -0.475 e. The third kappa shape index (κ3) is 3.75. The van der Waals surface area contributed by atoms with Crippen LogP contribution in [0.2, 0.25) is 0 Å². The van der Waals surface area contributed by atoms with Crippen molar-refractivity contribution < 1.29 is 29.0 Å². The number of aliphatic hydroxyl groups is 1. The molecule has 1 N–H and O–H groups in total. The maximum absolute atomic E-state index is 11.7. The molecule has 9 nitrogen and oxygen atoms in total. The number of methoxy groups -OCH3 is 2. The average Bonchev–Trinajstić information content (AvgIpc) is 2.35. The fourth-order valence-corrected chi connectivity index (χ4v) is 0.921. The smallest absolute Gasteiger partial charge is 0.475 e. The van der Waals surface area contributed by atoms with Gasteiger partial charge in [-0.1, -0.05) is 0 Å². The first-order valence-electron chi connectivity index (χ1n) is 4.60. The van der Waals surface area contributed by atoms with Gasteiger partial charge in [-0.15, -0.1) is 0 Å². The third-order valence-corrected chi connectivity index (χ3v) is 1.84. The molecule has 2 amide bonds. The Labute approximate surface area is 102 Å². The summed E-state index contributed by atoms with van der Waals surface area (Å²) in [5.41, 5.74) is -0.906. The number of aliphatic hydroxyl groups excluding tert-OH is 1. The van der Waals surface area contributed by atoms with Gasteiger partial charge in [-0.2, -0.15) is 0 Å². The quantitative estimate of drug-likeness (QED) is 0.319. The van der Waals surface area contributed by atoms with Crippen LogP contribution in [0, 0.1) is 5.39 Å². The van der Waals surface area contributed by atoms with Crippen molar-refractivity contribution in [2.24, 2.45) is 0 Å². The number of esters is 1. The summed E-state index contributed by atoms with van der Waals surface area (Å²) >= 11 is 0. The van der Waals surface area contributed by atoms with Crippen LogP contribution in [0.5, 0.6) is 0 Å². The van der Waals surface area contributed by atoms with Crippen molar-refractivity contribution in [3.8, 4) is 0 Å². The molecule has 98 valence electrons. The lowest BCUT2D eigenvalue weighted by molar-refractivity contribution is -0.151. The fraction of sp³-hybridized carbons (Fsp3) is 0.444. The number of hydrogen-bond donors (Lipinski definition) is 1. The standard InChI is InChI=1S/C9H11N3O6/c1-5(13)12(4-6(14)17-2)8(15)7(11-10)9(16)18-3/h4H2,1-3H3/p+1. The molecule has 0 aliphatic carbocycles. The number of rotatable bonds is 4. The third-order valence-electron chi connectivity index (χ3n) is 1.84. The zero-order valence-electron chi connectivity index (χ0n) is 10.0. The first kappa shape index (κ1) is 15.4. The largest absolute Gasteiger partial charge is 0.528 e. The number of amides is 2. The highest BCUT2D eigenvalue weighted by atomic mass is 16.6. The van der Waals surface area contributed by atoms with E-state index in [0.29, 0.717) is 4.90 Å². The number of nitrogens with zero attached hydrogens (tertiary/aromatic N) is 3. The molecule has 0 saturated carbocycles. The molecule has 0 spiro atoms. The Bertz CT molecular complexity index is 436. The molecule has 0 rings (SSSR count). The predicted molar refractivity (Wildman–Crippen MR) is 56.2 cm³/mol. The van der Waals surface area contributed by atoms with Crippen LogP contribution in [0.25, 0.3) is 4.98 Å². The Morgan fingerprint density at radius 1 is 1.28 bits per heavy atom. The van der Waals surface area contributed by atoms with Gasteiger partial charge in [0.2, 0.25) is 11.3 Å². The second kappa shape index (κ2) is 6.85. The molecule has 0 aliphatic heterocycles. The van der Waals surface area contributed by atoms with Crippen LogP contribution >= 0.6 is 0 Å². The maximum Gasteiger partial charge on any atom is 0.528 e. The number of hydrogen-bond acceptors (Lipinski definition) is 7. The van der Waals surface area contributed by atoms with E-state index in [1.807, 2.05) is 0 Å². The molecule has 18 heavy (non-hydrogen) atoms. The minimum absolute atomic E-state index is 0.427. The molecule has 0 aromatic carbocycles. The van der Waals surface area contributed by atoms with E-state index in [4.69, 9.17) is 10.5 Å². The Hall–Kier alpha value is -2.63. The summed E-state index contributed by atoms with van der Waals surface area (Å²) in [7, 11) is 2.09. The molecule has 0 aliphatic rings. The van der Waals surface area contributed by atoms with Crippen LogP contribution < -0.4 is 0 Å². The van der Waals surface area contributed by atoms with E-state index < -0.39 is 36.0 Å². The number of carbonyl (C=O) groups is 3. The van der Waals surface area contributed by atoms with Crippen molar-refractivity contribution in [2.75, 3.05) is 20.8 Å². The van der Waals surface area contributed by atoms with Gasteiger partial charge >= 0.3 is 23.5 Å². The normalized spacial score (nSPS) is 10.8. The summed E-state index contributed by atoms with van der Waals surface area (Å²) in [5, 5.41) is 17.7. The van der Waals surface area contributed by atoms with E-state index in [1.165, 1.54) is 0 Å². The van der Waals surface area contributed by atoms with Crippen LogP contribution in [-0.2, 0) is 23.9 Å². The van der Waals surface area contributed by atoms with Gasteiger partial charge in [0.25, 0.3) is 0 Å². The molecule has 0 unspecified atom stereocenters. The summed E-state index contributed by atoms with van der Waals surface area (Å²) in [5.74, 6) is -3.84. The monoisotopic (exact) mass is 258 g/mol. The van der Waals surface area contributed by atoms with Crippen molar-refractivity contribution in [2.45, 2.75) is 6.92 Å². The lowest BCUT2D eigenvalue weighted by Crippen LogP contribution is -2.40. The number of diazo groups is 1. The molecule has 0 saturated heterocycles. The number of carbonyl (C=O) groups excluding carboxylic acids is 3. The van der Waals surface area contributed by atoms with Gasteiger partial charge in [-0.05, 0) is 0 Å². The first-order valence-corrected chi connectivity index (χ1v) is 4.60. The molecule has 0 aromatic rings. The predicted octanol–water partition coefficient (Wildman–Crippen LogP) is -0.239. The molecule has 0 aromatic heterocycles. The van der Waals surface area contributed by atoms with Gasteiger partial charge in [-0.3, -0.25) is 19.3 Å². The maximum atomic E-state index is 11.7. The molecular formula is C9H12N3O6+. The van der Waals surface area contributed by atoms with Gasteiger partial charge in [-0.25, -0.2) is 0 Å². The molecular weight excluding hydrogens is 246 g/mol. The van der Waals surface area contributed by atoms with Crippen molar-refractivity contribution in [3.05, 3.63) is 16.6 Å². The highest BCUT2D eigenvalue weighted by molar-refractivity contribution is 6.06. The molecule has 0 atom stereocenters. The lowest BCUT2D eigenvalue weighted by atomic mass is 10.3. The van der Waals surface area contributed by atoms with Crippen molar-refractivity contribution in [1.82, 2.24) is 4.90 Å². The summed E-state index contributed by atoms with van der Waals surface area (Å²) in [6, 6.07) is 0. The average molecular weight is 258 g/mol. The van der Waals surface area contributed by atoms with Gasteiger partial charge in [0.1, 0.15) is 6.54 Å². The Morgan fingerprint density at radius 2 is 1.83 bits per heavy atom. The van der Waals surface area contributed by atoms with Gasteiger partial charge in [0.05, 0.1) is 14.2 Å². The summed E-state index contributed by atoms with van der Waals surface area (Å²) in [6.07, 6.45) is 0. The molecule has 0 radical (unpaired) electrons. The molecule has 0 heterocycles. The molecule has 9 heteroatoms. The topological polar surface area (TPSA) is 121 Å². The Kier molecular flexibility index (Phi) is 5.85. The van der Waals surface area contributed by atoms with Gasteiger partial charge in [0, 0.05) is 6.92 Å². The lowest BCUT2D eigenvalue weighted by Gasteiger charge is -2.13.